The molecule has 1 amide bonds. The van der Waals surface area contributed by atoms with Crippen LogP contribution in [0.3, 0.4) is 0 Å². The molecule has 0 atom stereocenters. The van der Waals surface area contributed by atoms with Gasteiger partial charge >= 0.3 is 0 Å². The lowest BCUT2D eigenvalue weighted by molar-refractivity contribution is 0.102. The predicted octanol–water partition coefficient (Wildman–Crippen LogP) is 2.27. The van der Waals surface area contributed by atoms with E-state index in [9.17, 15) is 4.79 Å². The highest BCUT2D eigenvalue weighted by Crippen LogP contribution is 2.20. The Morgan fingerprint density at radius 2 is 2.19 bits per heavy atom. The number of aryl methyl sites for hydroxylation is 2. The van der Waals surface area contributed by atoms with Gasteiger partial charge in [-0.25, -0.2) is 0 Å². The van der Waals surface area contributed by atoms with Crippen LogP contribution in [-0.2, 0) is 0 Å². The largest absolute Gasteiger partial charge is 0.466 e. The van der Waals surface area contributed by atoms with Crippen molar-refractivity contribution in [2.45, 2.75) is 32.7 Å². The first-order valence-corrected chi connectivity index (χ1v) is 7.27. The number of aromatic nitrogens is 2. The number of carbonyl (C=O) groups is 1. The van der Waals surface area contributed by atoms with Gasteiger partial charge in [0.2, 0.25) is 0 Å². The third-order valence-corrected chi connectivity index (χ3v) is 3.83. The van der Waals surface area contributed by atoms with Gasteiger partial charge in [-0.05, 0) is 45.8 Å². The zero-order valence-electron chi connectivity index (χ0n) is 12.3. The monoisotopic (exact) mass is 288 g/mol. The Hall–Kier alpha value is -2.08. The van der Waals surface area contributed by atoms with Gasteiger partial charge < -0.3 is 15.1 Å². The van der Waals surface area contributed by atoms with Crippen molar-refractivity contribution in [2.75, 3.05) is 18.4 Å². The molecule has 3 rings (SSSR count). The highest BCUT2D eigenvalue weighted by atomic mass is 16.3. The molecule has 0 aliphatic carbocycles. The average Bonchev–Trinajstić information content (AvgIpc) is 3.06. The van der Waals surface area contributed by atoms with E-state index in [0.29, 0.717) is 17.4 Å². The molecular formula is C15H20N4O2. The summed E-state index contributed by atoms with van der Waals surface area (Å²) in [5.74, 6) is 1.22. The minimum atomic E-state index is -0.158. The highest BCUT2D eigenvalue weighted by Gasteiger charge is 2.17. The molecule has 6 nitrogen and oxygen atoms in total. The molecule has 2 N–H and O–H groups in total. The molecule has 0 unspecified atom stereocenters. The fourth-order valence-electron chi connectivity index (χ4n) is 2.73. The van der Waals surface area contributed by atoms with E-state index in [2.05, 4.69) is 15.7 Å². The molecular weight excluding hydrogens is 268 g/mol. The van der Waals surface area contributed by atoms with E-state index in [-0.39, 0.29) is 5.91 Å². The van der Waals surface area contributed by atoms with Gasteiger partial charge in [0.15, 0.2) is 0 Å². The van der Waals surface area contributed by atoms with Crippen molar-refractivity contribution in [1.82, 2.24) is 15.1 Å². The zero-order valence-corrected chi connectivity index (χ0v) is 12.3. The summed E-state index contributed by atoms with van der Waals surface area (Å²) in [5, 5.41) is 10.6. The zero-order chi connectivity index (χ0) is 14.8. The van der Waals surface area contributed by atoms with Gasteiger partial charge in [0.25, 0.3) is 5.91 Å². The second-order valence-corrected chi connectivity index (χ2v) is 5.47. The lowest BCUT2D eigenvalue weighted by Crippen LogP contribution is -2.29. The summed E-state index contributed by atoms with van der Waals surface area (Å²) < 4.78 is 7.33. The smallest absolute Gasteiger partial charge is 0.259 e. The van der Waals surface area contributed by atoms with Crippen molar-refractivity contribution in [3.8, 4) is 0 Å². The molecule has 0 spiro atoms. The SMILES string of the molecule is Cc1cc(C(=O)Nc2cnn(C3CCNCC3)c2)c(C)o1. The molecule has 0 saturated carbocycles. The Labute approximate surface area is 123 Å². The number of hydrogen-bond donors (Lipinski definition) is 2. The fraction of sp³-hybridized carbons (Fsp3) is 0.467. The molecule has 0 aromatic carbocycles. The van der Waals surface area contributed by atoms with E-state index in [1.807, 2.05) is 17.8 Å². The maximum absolute atomic E-state index is 12.2. The lowest BCUT2D eigenvalue weighted by atomic mass is 10.1. The van der Waals surface area contributed by atoms with Crippen LogP contribution in [0.2, 0.25) is 0 Å². The van der Waals surface area contributed by atoms with Crippen LogP contribution in [0.1, 0.15) is 40.8 Å². The van der Waals surface area contributed by atoms with Crippen LogP contribution in [0.5, 0.6) is 0 Å². The van der Waals surface area contributed by atoms with E-state index >= 15 is 0 Å². The first kappa shape index (κ1) is 13.9. The predicted molar refractivity (Wildman–Crippen MR) is 79.5 cm³/mol. The van der Waals surface area contributed by atoms with Crippen LogP contribution in [0.15, 0.2) is 22.9 Å². The number of hydrogen-bond acceptors (Lipinski definition) is 4. The molecule has 1 aliphatic heterocycles. The van der Waals surface area contributed by atoms with Crippen LogP contribution >= 0.6 is 0 Å². The minimum Gasteiger partial charge on any atom is -0.466 e. The van der Waals surface area contributed by atoms with Crippen molar-refractivity contribution in [3.05, 3.63) is 35.5 Å². The van der Waals surface area contributed by atoms with Gasteiger partial charge in [0, 0.05) is 6.20 Å². The van der Waals surface area contributed by atoms with Gasteiger partial charge in [0.1, 0.15) is 11.5 Å². The molecule has 0 bridgehead atoms. The summed E-state index contributed by atoms with van der Waals surface area (Å²) in [5.41, 5.74) is 1.29. The number of rotatable bonds is 3. The average molecular weight is 288 g/mol. The van der Waals surface area contributed by atoms with Gasteiger partial charge in [-0.2, -0.15) is 5.10 Å². The maximum atomic E-state index is 12.2. The molecule has 21 heavy (non-hydrogen) atoms. The molecule has 6 heteroatoms. The van der Waals surface area contributed by atoms with Crippen LogP contribution in [-0.4, -0.2) is 28.8 Å². The van der Waals surface area contributed by atoms with Crippen molar-refractivity contribution in [2.24, 2.45) is 0 Å². The van der Waals surface area contributed by atoms with Crippen molar-refractivity contribution < 1.29 is 9.21 Å². The van der Waals surface area contributed by atoms with Crippen molar-refractivity contribution in [3.63, 3.8) is 0 Å². The number of nitrogens with zero attached hydrogens (tertiary/aromatic N) is 2. The first-order valence-electron chi connectivity index (χ1n) is 7.27. The topological polar surface area (TPSA) is 72.1 Å². The number of piperidine rings is 1. The Morgan fingerprint density at radius 3 is 2.86 bits per heavy atom. The highest BCUT2D eigenvalue weighted by molar-refractivity contribution is 6.04. The van der Waals surface area contributed by atoms with Crippen LogP contribution in [0.4, 0.5) is 5.69 Å². The Kier molecular flexibility index (Phi) is 3.79. The van der Waals surface area contributed by atoms with Crippen LogP contribution in [0.25, 0.3) is 0 Å². The Balaban J connectivity index is 1.69. The second kappa shape index (κ2) is 5.73. The summed E-state index contributed by atoms with van der Waals surface area (Å²) >= 11 is 0. The Bertz CT molecular complexity index is 638. The Morgan fingerprint density at radius 1 is 1.43 bits per heavy atom. The summed E-state index contributed by atoms with van der Waals surface area (Å²) in [7, 11) is 0. The minimum absolute atomic E-state index is 0.158. The van der Waals surface area contributed by atoms with Gasteiger partial charge in [-0.3, -0.25) is 9.48 Å². The molecule has 0 radical (unpaired) electrons. The van der Waals surface area contributed by atoms with E-state index in [4.69, 9.17) is 4.42 Å². The van der Waals surface area contributed by atoms with E-state index in [0.717, 1.165) is 37.4 Å². The summed E-state index contributed by atoms with van der Waals surface area (Å²) in [6, 6.07) is 2.16. The standard InChI is InChI=1S/C15H20N4O2/c1-10-7-14(11(2)21-10)15(20)18-12-8-17-19(9-12)13-3-5-16-6-4-13/h7-9,13,16H,3-6H2,1-2H3,(H,18,20). The quantitative estimate of drug-likeness (QED) is 0.909. The van der Waals surface area contributed by atoms with Crippen molar-refractivity contribution in [1.29, 1.82) is 0 Å². The molecule has 2 aromatic heterocycles. The number of anilines is 1. The summed E-state index contributed by atoms with van der Waals surface area (Å²) in [4.78, 5) is 12.2. The van der Waals surface area contributed by atoms with E-state index in [1.165, 1.54) is 0 Å². The maximum Gasteiger partial charge on any atom is 0.259 e. The van der Waals surface area contributed by atoms with Crippen molar-refractivity contribution >= 4 is 11.6 Å². The third kappa shape index (κ3) is 3.00. The third-order valence-electron chi connectivity index (χ3n) is 3.83. The summed E-state index contributed by atoms with van der Waals surface area (Å²) in [6.07, 6.45) is 5.72. The molecule has 112 valence electrons. The molecule has 2 aromatic rings. The van der Waals surface area contributed by atoms with Crippen LogP contribution < -0.4 is 10.6 Å². The van der Waals surface area contributed by atoms with Gasteiger partial charge in [0.05, 0.1) is 23.5 Å². The second-order valence-electron chi connectivity index (χ2n) is 5.47. The molecule has 1 saturated heterocycles. The number of amides is 1. The normalized spacial score (nSPS) is 16.1. The van der Waals surface area contributed by atoms with E-state index in [1.54, 1.807) is 19.2 Å². The molecule has 1 fully saturated rings. The lowest BCUT2D eigenvalue weighted by Gasteiger charge is -2.22. The van der Waals surface area contributed by atoms with Crippen LogP contribution in [0, 0.1) is 13.8 Å². The fourth-order valence-corrected chi connectivity index (χ4v) is 2.73. The summed E-state index contributed by atoms with van der Waals surface area (Å²) in [6.45, 7) is 5.65. The van der Waals surface area contributed by atoms with Gasteiger partial charge in [-0.15, -0.1) is 0 Å². The number of nitrogens with one attached hydrogen (secondary N) is 2. The first-order chi connectivity index (χ1) is 10.1. The number of carbonyl (C=O) groups excluding carboxylic acids is 1. The number of furan rings is 1. The molecule has 1 aliphatic rings. The van der Waals surface area contributed by atoms with Gasteiger partial charge in [-0.1, -0.05) is 0 Å². The van der Waals surface area contributed by atoms with E-state index < -0.39 is 0 Å². The molecule has 3 heterocycles.